The molecule has 0 radical (unpaired) electrons. The lowest BCUT2D eigenvalue weighted by molar-refractivity contribution is -0.120. The zero-order chi connectivity index (χ0) is 21.5. The molecule has 11 heteroatoms. The summed E-state index contributed by atoms with van der Waals surface area (Å²) in [7, 11) is -2.07. The highest BCUT2D eigenvalue weighted by Crippen LogP contribution is 2.35. The van der Waals surface area contributed by atoms with E-state index < -0.39 is 15.9 Å². The maximum Gasteiger partial charge on any atom is 0.252 e. The van der Waals surface area contributed by atoms with E-state index in [2.05, 4.69) is 10.3 Å². The Kier molecular flexibility index (Phi) is 6.04. The van der Waals surface area contributed by atoms with E-state index in [1.807, 2.05) is 19.1 Å². The number of thiazole rings is 1. The van der Waals surface area contributed by atoms with Crippen molar-refractivity contribution in [2.24, 2.45) is 5.92 Å². The molecule has 1 N–H and O–H groups in total. The summed E-state index contributed by atoms with van der Waals surface area (Å²) in [4.78, 5) is 17.4. The number of rotatable bonds is 5. The Bertz CT molecular complexity index is 1210. The fraction of sp³-hybridized carbons (Fsp3) is 0.368. The van der Waals surface area contributed by atoms with Gasteiger partial charge in [-0.2, -0.15) is 4.31 Å². The van der Waals surface area contributed by atoms with Crippen LogP contribution in [0.1, 0.15) is 18.4 Å². The number of carbonyl (C=O) groups is 1. The molecule has 1 aliphatic rings. The average molecular weight is 486 g/mol. The Labute approximate surface area is 187 Å². The van der Waals surface area contributed by atoms with Gasteiger partial charge in [0.2, 0.25) is 5.91 Å². The summed E-state index contributed by atoms with van der Waals surface area (Å²) in [5.74, 6) is -0.0226. The van der Waals surface area contributed by atoms with E-state index in [0.29, 0.717) is 40.1 Å². The van der Waals surface area contributed by atoms with Crippen LogP contribution in [-0.4, -0.2) is 43.8 Å². The number of nitrogens with one attached hydrogen (secondary N) is 1. The van der Waals surface area contributed by atoms with Crippen molar-refractivity contribution in [1.82, 2.24) is 9.29 Å². The van der Waals surface area contributed by atoms with Gasteiger partial charge in [-0.1, -0.05) is 29.0 Å². The number of carbonyl (C=O) groups excluding carboxylic acids is 1. The topological polar surface area (TPSA) is 88.6 Å². The summed E-state index contributed by atoms with van der Waals surface area (Å²) >= 11 is 8.30. The number of aryl methyl sites for hydroxylation is 1. The molecule has 0 bridgehead atoms. The fourth-order valence-electron chi connectivity index (χ4n) is 3.47. The van der Waals surface area contributed by atoms with E-state index in [9.17, 15) is 13.2 Å². The van der Waals surface area contributed by atoms with Gasteiger partial charge < -0.3 is 10.1 Å². The highest BCUT2D eigenvalue weighted by molar-refractivity contribution is 7.91. The molecule has 0 spiro atoms. The van der Waals surface area contributed by atoms with Crippen molar-refractivity contribution in [2.45, 2.75) is 24.0 Å². The molecule has 160 valence electrons. The van der Waals surface area contributed by atoms with E-state index in [0.717, 1.165) is 21.6 Å². The van der Waals surface area contributed by atoms with Crippen LogP contribution in [0.2, 0.25) is 4.34 Å². The summed E-state index contributed by atoms with van der Waals surface area (Å²) in [6, 6.07) is 6.87. The van der Waals surface area contributed by atoms with Crippen LogP contribution in [0.25, 0.3) is 10.2 Å². The SMILES string of the molecule is COc1ccc(C)c2sc(NC(=O)C3CCCN(S(=O)(=O)c4ccc(Cl)s4)C3)nc12. The van der Waals surface area contributed by atoms with Crippen molar-refractivity contribution in [1.29, 1.82) is 0 Å². The number of ether oxygens (including phenoxy) is 1. The largest absolute Gasteiger partial charge is 0.494 e. The molecule has 7 nitrogen and oxygen atoms in total. The lowest BCUT2D eigenvalue weighted by Gasteiger charge is -2.30. The number of halogens is 1. The minimum atomic E-state index is -3.66. The molecular weight excluding hydrogens is 466 g/mol. The number of amides is 1. The third-order valence-electron chi connectivity index (χ3n) is 5.05. The number of hydrogen-bond donors (Lipinski definition) is 1. The molecule has 1 unspecified atom stereocenters. The molecule has 30 heavy (non-hydrogen) atoms. The fourth-order valence-corrected chi connectivity index (χ4v) is 7.59. The van der Waals surface area contributed by atoms with E-state index in [1.54, 1.807) is 13.2 Å². The van der Waals surface area contributed by atoms with E-state index in [-0.39, 0.29) is 16.7 Å². The Balaban J connectivity index is 1.51. The molecule has 4 rings (SSSR count). The van der Waals surface area contributed by atoms with Gasteiger partial charge in [0.1, 0.15) is 15.5 Å². The molecule has 1 amide bonds. The number of hydrogen-bond acceptors (Lipinski definition) is 7. The van der Waals surface area contributed by atoms with Crippen LogP contribution in [-0.2, 0) is 14.8 Å². The zero-order valence-electron chi connectivity index (χ0n) is 16.3. The predicted molar refractivity (Wildman–Crippen MR) is 120 cm³/mol. The number of thiophene rings is 1. The minimum absolute atomic E-state index is 0.136. The Morgan fingerprint density at radius 3 is 2.80 bits per heavy atom. The molecular formula is C19H20ClN3O4S3. The van der Waals surface area contributed by atoms with Crippen molar-refractivity contribution in [3.8, 4) is 5.75 Å². The van der Waals surface area contributed by atoms with E-state index in [4.69, 9.17) is 16.3 Å². The van der Waals surface area contributed by atoms with Crippen LogP contribution in [0.5, 0.6) is 5.75 Å². The molecule has 2 aromatic heterocycles. The second kappa shape index (κ2) is 8.43. The van der Waals surface area contributed by atoms with Gasteiger partial charge >= 0.3 is 0 Å². The summed E-state index contributed by atoms with van der Waals surface area (Å²) in [5, 5.41) is 3.35. The monoisotopic (exact) mass is 485 g/mol. The average Bonchev–Trinajstić information content (AvgIpc) is 3.36. The van der Waals surface area contributed by atoms with Crippen LogP contribution in [0.15, 0.2) is 28.5 Å². The first-order valence-corrected chi connectivity index (χ1v) is 12.7. The molecule has 3 aromatic rings. The van der Waals surface area contributed by atoms with Crippen molar-refractivity contribution < 1.29 is 17.9 Å². The molecule has 1 fully saturated rings. The standard InChI is InChI=1S/C19H20ClN3O4S3/c1-11-5-6-13(27-2)16-17(11)29-19(21-16)22-18(24)12-4-3-9-23(10-12)30(25,26)15-8-7-14(20)28-15/h5-8,12H,3-4,9-10H2,1-2H3,(H,21,22,24). The highest BCUT2D eigenvalue weighted by Gasteiger charge is 2.34. The third kappa shape index (κ3) is 4.06. The number of sulfonamides is 1. The molecule has 1 aliphatic heterocycles. The number of nitrogens with zero attached hydrogens (tertiary/aromatic N) is 2. The van der Waals surface area contributed by atoms with Crippen molar-refractivity contribution in [3.63, 3.8) is 0 Å². The normalized spacial score (nSPS) is 17.9. The van der Waals surface area contributed by atoms with Crippen LogP contribution < -0.4 is 10.1 Å². The Morgan fingerprint density at radius 2 is 2.10 bits per heavy atom. The van der Waals surface area contributed by atoms with Gasteiger partial charge in [-0.25, -0.2) is 13.4 Å². The van der Waals surface area contributed by atoms with E-state index in [1.165, 1.54) is 21.7 Å². The van der Waals surface area contributed by atoms with Gasteiger partial charge in [0.25, 0.3) is 10.0 Å². The van der Waals surface area contributed by atoms with Gasteiger partial charge in [0.15, 0.2) is 5.13 Å². The van der Waals surface area contributed by atoms with Crippen LogP contribution in [0.4, 0.5) is 5.13 Å². The van der Waals surface area contributed by atoms with E-state index >= 15 is 0 Å². The first kappa shape index (κ1) is 21.5. The summed E-state index contributed by atoms with van der Waals surface area (Å²) < 4.78 is 34.0. The maximum absolute atomic E-state index is 12.9. The number of methoxy groups -OCH3 is 1. The highest BCUT2D eigenvalue weighted by atomic mass is 35.5. The molecule has 3 heterocycles. The Morgan fingerprint density at radius 1 is 1.30 bits per heavy atom. The molecule has 0 aliphatic carbocycles. The molecule has 1 saturated heterocycles. The number of benzene rings is 1. The van der Waals surface area contributed by atoms with Gasteiger partial charge in [0, 0.05) is 13.1 Å². The first-order chi connectivity index (χ1) is 14.3. The van der Waals surface area contributed by atoms with Gasteiger partial charge in [-0.3, -0.25) is 4.79 Å². The van der Waals surface area contributed by atoms with Crippen molar-refractivity contribution >= 4 is 65.6 Å². The minimum Gasteiger partial charge on any atom is -0.494 e. The zero-order valence-corrected chi connectivity index (χ0v) is 19.6. The quantitative estimate of drug-likeness (QED) is 0.579. The van der Waals surface area contributed by atoms with Crippen LogP contribution >= 0.6 is 34.3 Å². The smallest absolute Gasteiger partial charge is 0.252 e. The Hall–Kier alpha value is -1.72. The molecule has 1 aromatic carbocycles. The second-order valence-corrected chi connectivity index (χ2v) is 11.9. The lowest BCUT2D eigenvalue weighted by Crippen LogP contribution is -2.43. The summed E-state index contributed by atoms with van der Waals surface area (Å²) in [6.07, 6.45) is 1.24. The first-order valence-electron chi connectivity index (χ1n) is 9.30. The van der Waals surface area contributed by atoms with Crippen molar-refractivity contribution in [2.75, 3.05) is 25.5 Å². The summed E-state index contributed by atoms with van der Waals surface area (Å²) in [5.41, 5.74) is 1.76. The maximum atomic E-state index is 12.9. The lowest BCUT2D eigenvalue weighted by atomic mass is 9.99. The predicted octanol–water partition coefficient (Wildman–Crippen LogP) is 4.37. The van der Waals surface area contributed by atoms with Crippen LogP contribution in [0, 0.1) is 12.8 Å². The second-order valence-electron chi connectivity index (χ2n) is 7.03. The molecule has 0 saturated carbocycles. The molecule has 1 atom stereocenters. The van der Waals surface area contributed by atoms with Gasteiger partial charge in [-0.15, -0.1) is 11.3 Å². The number of aromatic nitrogens is 1. The van der Waals surface area contributed by atoms with Gasteiger partial charge in [0.05, 0.1) is 22.1 Å². The number of anilines is 1. The summed E-state index contributed by atoms with van der Waals surface area (Å²) in [6.45, 7) is 2.50. The number of piperidine rings is 1. The van der Waals surface area contributed by atoms with Gasteiger partial charge in [-0.05, 0) is 43.5 Å². The number of fused-ring (bicyclic) bond motifs is 1. The van der Waals surface area contributed by atoms with Crippen molar-refractivity contribution in [3.05, 3.63) is 34.2 Å². The third-order valence-corrected chi connectivity index (χ3v) is 9.72. The van der Waals surface area contributed by atoms with Crippen LogP contribution in [0.3, 0.4) is 0 Å².